The van der Waals surface area contributed by atoms with E-state index in [2.05, 4.69) is 80.6 Å². The van der Waals surface area contributed by atoms with Gasteiger partial charge in [0.2, 0.25) is 0 Å². The van der Waals surface area contributed by atoms with Crippen molar-refractivity contribution in [2.24, 2.45) is 4.99 Å². The van der Waals surface area contributed by atoms with Gasteiger partial charge in [0.25, 0.3) is 0 Å². The highest BCUT2D eigenvalue weighted by Crippen LogP contribution is 2.20. The summed E-state index contributed by atoms with van der Waals surface area (Å²) in [7, 11) is 0. The first-order valence-electron chi connectivity index (χ1n) is 7.31. The fourth-order valence-electron chi connectivity index (χ4n) is 2.49. The van der Waals surface area contributed by atoms with Crippen LogP contribution >= 0.6 is 0 Å². The number of nitrogens with zero attached hydrogens (tertiary/aromatic N) is 1. The van der Waals surface area contributed by atoms with Crippen LogP contribution in [0.3, 0.4) is 0 Å². The second-order valence-electron chi connectivity index (χ2n) is 5.43. The number of aryl methyl sites for hydroxylation is 1. The van der Waals surface area contributed by atoms with Crippen LogP contribution in [-0.2, 0) is 0 Å². The summed E-state index contributed by atoms with van der Waals surface area (Å²) in [5.74, 6) is 0. The normalized spacial score (nSPS) is 12.9. The van der Waals surface area contributed by atoms with E-state index in [4.69, 9.17) is 4.99 Å². The van der Waals surface area contributed by atoms with Crippen molar-refractivity contribution in [3.8, 4) is 0 Å². The fourth-order valence-corrected chi connectivity index (χ4v) is 2.49. The van der Waals surface area contributed by atoms with Crippen LogP contribution in [0.15, 0.2) is 71.7 Å². The standard InChI is InChI=1S/C20H19N/c1-15-10-12-17(13-11-15)16(2)21-14-19-8-5-7-18-6-3-4-9-20(18)19/h3-14,16H,1-2H3. The number of rotatable bonds is 3. The molecule has 1 nitrogen and oxygen atoms in total. The van der Waals surface area contributed by atoms with Crippen LogP contribution in [0.4, 0.5) is 0 Å². The molecule has 0 aliphatic carbocycles. The Balaban J connectivity index is 1.89. The average molecular weight is 273 g/mol. The van der Waals surface area contributed by atoms with Gasteiger partial charge < -0.3 is 0 Å². The maximum absolute atomic E-state index is 4.72. The number of hydrogen-bond donors (Lipinski definition) is 0. The van der Waals surface area contributed by atoms with E-state index in [0.29, 0.717) is 0 Å². The van der Waals surface area contributed by atoms with Crippen LogP contribution in [0.25, 0.3) is 10.8 Å². The van der Waals surface area contributed by atoms with Crippen molar-refractivity contribution < 1.29 is 0 Å². The van der Waals surface area contributed by atoms with E-state index in [1.165, 1.54) is 27.5 Å². The molecule has 0 aliphatic rings. The first-order valence-corrected chi connectivity index (χ1v) is 7.31. The van der Waals surface area contributed by atoms with Gasteiger partial charge in [0.05, 0.1) is 6.04 Å². The van der Waals surface area contributed by atoms with Crippen molar-refractivity contribution in [1.29, 1.82) is 0 Å². The molecule has 0 N–H and O–H groups in total. The van der Waals surface area contributed by atoms with E-state index < -0.39 is 0 Å². The molecular weight excluding hydrogens is 254 g/mol. The number of benzene rings is 3. The van der Waals surface area contributed by atoms with Gasteiger partial charge in [-0.05, 0) is 30.2 Å². The molecule has 1 unspecified atom stereocenters. The Kier molecular flexibility index (Phi) is 3.83. The first kappa shape index (κ1) is 13.6. The molecule has 0 aliphatic heterocycles. The van der Waals surface area contributed by atoms with Crippen molar-refractivity contribution in [1.82, 2.24) is 0 Å². The van der Waals surface area contributed by atoms with Gasteiger partial charge in [-0.2, -0.15) is 0 Å². The van der Waals surface area contributed by atoms with Gasteiger partial charge in [0, 0.05) is 11.8 Å². The van der Waals surface area contributed by atoms with Crippen LogP contribution in [0.5, 0.6) is 0 Å². The molecule has 0 saturated heterocycles. The summed E-state index contributed by atoms with van der Waals surface area (Å²) in [5, 5.41) is 2.50. The Morgan fingerprint density at radius 1 is 0.857 bits per heavy atom. The molecule has 0 radical (unpaired) electrons. The van der Waals surface area contributed by atoms with E-state index in [1.807, 2.05) is 6.21 Å². The Morgan fingerprint density at radius 2 is 1.57 bits per heavy atom. The molecule has 1 heteroatoms. The third-order valence-corrected chi connectivity index (χ3v) is 3.82. The molecular formula is C20H19N. The van der Waals surface area contributed by atoms with Crippen LogP contribution in [0.2, 0.25) is 0 Å². The predicted octanol–water partition coefficient (Wildman–Crippen LogP) is 5.33. The summed E-state index contributed by atoms with van der Waals surface area (Å²) in [6.45, 7) is 4.24. The molecule has 0 spiro atoms. The van der Waals surface area contributed by atoms with Crippen molar-refractivity contribution in [3.63, 3.8) is 0 Å². The first-order chi connectivity index (χ1) is 10.2. The molecule has 0 saturated carbocycles. The molecule has 104 valence electrons. The van der Waals surface area contributed by atoms with Gasteiger partial charge in [-0.25, -0.2) is 0 Å². The van der Waals surface area contributed by atoms with Crippen LogP contribution in [0.1, 0.15) is 29.7 Å². The molecule has 3 aromatic carbocycles. The highest BCUT2D eigenvalue weighted by Gasteiger charge is 2.02. The van der Waals surface area contributed by atoms with E-state index in [1.54, 1.807) is 0 Å². The van der Waals surface area contributed by atoms with E-state index in [-0.39, 0.29) is 6.04 Å². The third-order valence-electron chi connectivity index (χ3n) is 3.82. The number of fused-ring (bicyclic) bond motifs is 1. The summed E-state index contributed by atoms with van der Waals surface area (Å²) < 4.78 is 0. The lowest BCUT2D eigenvalue weighted by atomic mass is 10.0. The second-order valence-corrected chi connectivity index (χ2v) is 5.43. The Hall–Kier alpha value is -2.41. The summed E-state index contributed by atoms with van der Waals surface area (Å²) in [5.41, 5.74) is 3.70. The van der Waals surface area contributed by atoms with Gasteiger partial charge in [-0.3, -0.25) is 4.99 Å². The van der Waals surface area contributed by atoms with Crippen molar-refractivity contribution >= 4 is 17.0 Å². The molecule has 3 aromatic rings. The van der Waals surface area contributed by atoms with Gasteiger partial charge in [-0.15, -0.1) is 0 Å². The van der Waals surface area contributed by atoms with Crippen LogP contribution < -0.4 is 0 Å². The zero-order valence-corrected chi connectivity index (χ0v) is 12.5. The van der Waals surface area contributed by atoms with E-state index >= 15 is 0 Å². The van der Waals surface area contributed by atoms with Crippen molar-refractivity contribution in [2.45, 2.75) is 19.9 Å². The predicted molar refractivity (Wildman–Crippen MR) is 91.1 cm³/mol. The molecule has 0 heterocycles. The highest BCUT2D eigenvalue weighted by atomic mass is 14.8. The Bertz CT molecular complexity index is 764. The lowest BCUT2D eigenvalue weighted by Gasteiger charge is -2.07. The molecule has 0 aromatic heterocycles. The maximum Gasteiger partial charge on any atom is 0.0721 e. The van der Waals surface area contributed by atoms with Gasteiger partial charge in [0.1, 0.15) is 0 Å². The maximum atomic E-state index is 4.72. The van der Waals surface area contributed by atoms with Crippen LogP contribution in [-0.4, -0.2) is 6.21 Å². The zero-order chi connectivity index (χ0) is 14.7. The third kappa shape index (κ3) is 3.03. The fraction of sp³-hybridized carbons (Fsp3) is 0.150. The van der Waals surface area contributed by atoms with Crippen molar-refractivity contribution in [3.05, 3.63) is 83.4 Å². The summed E-state index contributed by atoms with van der Waals surface area (Å²) in [6, 6.07) is 23.5. The van der Waals surface area contributed by atoms with Crippen molar-refractivity contribution in [2.75, 3.05) is 0 Å². The van der Waals surface area contributed by atoms with E-state index in [0.717, 1.165) is 0 Å². The molecule has 0 amide bonds. The monoisotopic (exact) mass is 273 g/mol. The van der Waals surface area contributed by atoms with E-state index in [9.17, 15) is 0 Å². The number of hydrogen-bond acceptors (Lipinski definition) is 1. The minimum atomic E-state index is 0.171. The zero-order valence-electron chi connectivity index (χ0n) is 12.5. The smallest absolute Gasteiger partial charge is 0.0721 e. The molecule has 21 heavy (non-hydrogen) atoms. The quantitative estimate of drug-likeness (QED) is 0.572. The summed E-state index contributed by atoms with van der Waals surface area (Å²) in [6.07, 6.45) is 1.99. The Morgan fingerprint density at radius 3 is 2.38 bits per heavy atom. The molecule has 3 rings (SSSR count). The summed E-state index contributed by atoms with van der Waals surface area (Å²) in [4.78, 5) is 4.72. The van der Waals surface area contributed by atoms with Gasteiger partial charge in [0.15, 0.2) is 0 Å². The molecule has 0 bridgehead atoms. The molecule has 1 atom stereocenters. The van der Waals surface area contributed by atoms with Crippen LogP contribution in [0, 0.1) is 6.92 Å². The van der Waals surface area contributed by atoms with Gasteiger partial charge in [-0.1, -0.05) is 72.3 Å². The minimum absolute atomic E-state index is 0.171. The van der Waals surface area contributed by atoms with Gasteiger partial charge >= 0.3 is 0 Å². The second kappa shape index (κ2) is 5.92. The summed E-state index contributed by atoms with van der Waals surface area (Å²) >= 11 is 0. The Labute approximate surface area is 126 Å². The number of aliphatic imine (C=N–C) groups is 1. The average Bonchev–Trinajstić information content (AvgIpc) is 2.53. The topological polar surface area (TPSA) is 12.4 Å². The lowest BCUT2D eigenvalue weighted by Crippen LogP contribution is -1.92. The lowest BCUT2D eigenvalue weighted by molar-refractivity contribution is 0.825. The largest absolute Gasteiger partial charge is 0.285 e. The minimum Gasteiger partial charge on any atom is -0.285 e. The SMILES string of the molecule is Cc1ccc(C(C)N=Cc2cccc3ccccc23)cc1. The molecule has 0 fully saturated rings. The highest BCUT2D eigenvalue weighted by molar-refractivity contribution is 5.99.